The van der Waals surface area contributed by atoms with E-state index in [1.807, 2.05) is 0 Å². The Kier molecular flexibility index (Phi) is 3.99. The van der Waals surface area contributed by atoms with Gasteiger partial charge in [-0.15, -0.1) is 10.2 Å². The summed E-state index contributed by atoms with van der Waals surface area (Å²) in [6, 6.07) is 5.91. The molecule has 0 bridgehead atoms. The normalized spacial score (nSPS) is 11.2. The average Bonchev–Trinajstić information content (AvgIpc) is 2.40. The maximum Gasteiger partial charge on any atom is 0.435 e. The minimum atomic E-state index is -4.57. The van der Waals surface area contributed by atoms with Crippen LogP contribution in [0.4, 0.5) is 24.7 Å². The van der Waals surface area contributed by atoms with Gasteiger partial charge in [0.05, 0.1) is 10.6 Å². The summed E-state index contributed by atoms with van der Waals surface area (Å²) in [5.41, 5.74) is -0.942. The summed E-state index contributed by atoms with van der Waals surface area (Å²) in [5.74, 6) is -1.18. The second kappa shape index (κ2) is 5.57. The first-order valence-electron chi connectivity index (χ1n) is 5.48. The highest BCUT2D eigenvalue weighted by Crippen LogP contribution is 2.28. The van der Waals surface area contributed by atoms with E-state index in [0.717, 1.165) is 12.1 Å². The van der Waals surface area contributed by atoms with Crippen LogP contribution in [-0.2, 0) is 6.18 Å². The van der Waals surface area contributed by atoms with Gasteiger partial charge in [0, 0.05) is 5.69 Å². The van der Waals surface area contributed by atoms with E-state index in [4.69, 9.17) is 16.7 Å². The molecule has 0 amide bonds. The SMILES string of the molecule is O=C(O)c1cc(Nc2ccc(C(F)(F)F)nn2)ccc1Cl. The lowest BCUT2D eigenvalue weighted by atomic mass is 10.2. The van der Waals surface area contributed by atoms with Crippen LogP contribution in [0.25, 0.3) is 0 Å². The van der Waals surface area contributed by atoms with Crippen LogP contribution in [-0.4, -0.2) is 21.3 Å². The first-order chi connectivity index (χ1) is 9.77. The maximum atomic E-state index is 12.3. The van der Waals surface area contributed by atoms with Crippen LogP contribution in [0.2, 0.25) is 5.02 Å². The number of alkyl halides is 3. The zero-order valence-corrected chi connectivity index (χ0v) is 10.9. The summed E-state index contributed by atoms with van der Waals surface area (Å²) in [6.45, 7) is 0. The number of carboxylic acids is 1. The van der Waals surface area contributed by atoms with Crippen LogP contribution in [0.15, 0.2) is 30.3 Å². The van der Waals surface area contributed by atoms with Gasteiger partial charge in [-0.2, -0.15) is 13.2 Å². The van der Waals surface area contributed by atoms with Crippen LogP contribution in [0.3, 0.4) is 0 Å². The Labute approximate surface area is 121 Å². The summed E-state index contributed by atoms with van der Waals surface area (Å²) in [6.07, 6.45) is -4.57. The fourth-order valence-corrected chi connectivity index (χ4v) is 1.66. The molecule has 2 N–H and O–H groups in total. The summed E-state index contributed by atoms with van der Waals surface area (Å²) >= 11 is 5.70. The van der Waals surface area contributed by atoms with Crippen molar-refractivity contribution in [2.45, 2.75) is 6.18 Å². The van der Waals surface area contributed by atoms with Crippen molar-refractivity contribution in [3.05, 3.63) is 46.6 Å². The Bertz CT molecular complexity index is 674. The molecule has 1 heterocycles. The van der Waals surface area contributed by atoms with Crippen molar-refractivity contribution in [3.63, 3.8) is 0 Å². The van der Waals surface area contributed by atoms with E-state index in [1.165, 1.54) is 18.2 Å². The van der Waals surface area contributed by atoms with Gasteiger partial charge in [0.2, 0.25) is 0 Å². The topological polar surface area (TPSA) is 75.1 Å². The number of aromatic carboxylic acids is 1. The molecule has 0 aliphatic heterocycles. The van der Waals surface area contributed by atoms with Crippen molar-refractivity contribution in [2.24, 2.45) is 0 Å². The molecule has 2 rings (SSSR count). The Morgan fingerprint density at radius 2 is 1.90 bits per heavy atom. The standard InChI is InChI=1S/C12H7ClF3N3O2/c13-8-2-1-6(5-7(8)11(20)21)17-10-4-3-9(18-19-10)12(14,15)16/h1-5H,(H,17,19)(H,20,21). The number of rotatable bonds is 3. The largest absolute Gasteiger partial charge is 0.478 e. The summed E-state index contributed by atoms with van der Waals surface area (Å²) in [5, 5.41) is 18.0. The van der Waals surface area contributed by atoms with Gasteiger partial charge in [0.15, 0.2) is 11.5 Å². The van der Waals surface area contributed by atoms with Crippen molar-refractivity contribution < 1.29 is 23.1 Å². The summed E-state index contributed by atoms with van der Waals surface area (Å²) < 4.78 is 37.0. The molecule has 0 saturated heterocycles. The lowest BCUT2D eigenvalue weighted by Gasteiger charge is -2.08. The molecular formula is C12H7ClF3N3O2. The quantitative estimate of drug-likeness (QED) is 0.904. The molecule has 0 aliphatic rings. The predicted molar refractivity (Wildman–Crippen MR) is 68.7 cm³/mol. The Balaban J connectivity index is 2.22. The molecule has 0 aliphatic carbocycles. The van der Waals surface area contributed by atoms with E-state index in [0.29, 0.717) is 5.69 Å². The molecule has 0 spiro atoms. The van der Waals surface area contributed by atoms with E-state index in [1.54, 1.807) is 0 Å². The molecule has 1 aromatic carbocycles. The van der Waals surface area contributed by atoms with Gasteiger partial charge < -0.3 is 10.4 Å². The summed E-state index contributed by atoms with van der Waals surface area (Å²) in [4.78, 5) is 10.9. The number of nitrogens with one attached hydrogen (secondary N) is 1. The lowest BCUT2D eigenvalue weighted by molar-refractivity contribution is -0.141. The molecule has 0 atom stereocenters. The first-order valence-corrected chi connectivity index (χ1v) is 5.86. The maximum absolute atomic E-state index is 12.3. The third-order valence-electron chi connectivity index (χ3n) is 2.42. The molecule has 0 unspecified atom stereocenters. The zero-order valence-electron chi connectivity index (χ0n) is 10.1. The number of anilines is 2. The highest BCUT2D eigenvalue weighted by atomic mass is 35.5. The molecule has 0 fully saturated rings. The van der Waals surface area contributed by atoms with Gasteiger partial charge in [-0.1, -0.05) is 11.6 Å². The Morgan fingerprint density at radius 3 is 2.43 bits per heavy atom. The van der Waals surface area contributed by atoms with E-state index < -0.39 is 17.8 Å². The number of benzene rings is 1. The number of nitrogens with zero attached hydrogens (tertiary/aromatic N) is 2. The van der Waals surface area contributed by atoms with Gasteiger partial charge in [0.1, 0.15) is 0 Å². The smallest absolute Gasteiger partial charge is 0.435 e. The van der Waals surface area contributed by atoms with Crippen LogP contribution in [0.1, 0.15) is 16.1 Å². The molecule has 0 radical (unpaired) electrons. The first kappa shape index (κ1) is 15.0. The molecule has 110 valence electrons. The molecule has 9 heteroatoms. The number of carbonyl (C=O) groups is 1. The minimum Gasteiger partial charge on any atom is -0.478 e. The van der Waals surface area contributed by atoms with E-state index >= 15 is 0 Å². The molecule has 0 saturated carbocycles. The van der Waals surface area contributed by atoms with E-state index in [2.05, 4.69) is 15.5 Å². The van der Waals surface area contributed by atoms with E-state index in [9.17, 15) is 18.0 Å². The van der Waals surface area contributed by atoms with Crippen LogP contribution < -0.4 is 5.32 Å². The van der Waals surface area contributed by atoms with Crippen LogP contribution in [0.5, 0.6) is 0 Å². The van der Waals surface area contributed by atoms with Crippen molar-refractivity contribution in [1.82, 2.24) is 10.2 Å². The van der Waals surface area contributed by atoms with Gasteiger partial charge in [0.25, 0.3) is 0 Å². The molecule has 5 nitrogen and oxygen atoms in total. The monoisotopic (exact) mass is 317 g/mol. The Hall–Kier alpha value is -2.35. The molecule has 2 aromatic rings. The number of carboxylic acid groups (broad SMARTS) is 1. The second-order valence-electron chi connectivity index (χ2n) is 3.93. The van der Waals surface area contributed by atoms with Crippen molar-refractivity contribution >= 4 is 29.1 Å². The average molecular weight is 318 g/mol. The summed E-state index contributed by atoms with van der Waals surface area (Å²) in [7, 11) is 0. The van der Waals surface area contributed by atoms with Gasteiger partial charge in [-0.25, -0.2) is 4.79 Å². The lowest BCUT2D eigenvalue weighted by Crippen LogP contribution is -2.09. The fraction of sp³-hybridized carbons (Fsp3) is 0.0833. The molecule has 21 heavy (non-hydrogen) atoms. The third-order valence-corrected chi connectivity index (χ3v) is 2.75. The zero-order chi connectivity index (χ0) is 15.6. The van der Waals surface area contributed by atoms with Crippen molar-refractivity contribution in [1.29, 1.82) is 0 Å². The second-order valence-corrected chi connectivity index (χ2v) is 4.33. The predicted octanol–water partition coefficient (Wildman–Crippen LogP) is 3.59. The number of halogens is 4. The van der Waals surface area contributed by atoms with Crippen molar-refractivity contribution in [3.8, 4) is 0 Å². The van der Waals surface area contributed by atoms with Crippen molar-refractivity contribution in [2.75, 3.05) is 5.32 Å². The van der Waals surface area contributed by atoms with Gasteiger partial charge in [-0.05, 0) is 30.3 Å². The Morgan fingerprint density at radius 1 is 1.19 bits per heavy atom. The minimum absolute atomic E-state index is 0.0432. The highest BCUT2D eigenvalue weighted by Gasteiger charge is 2.32. The number of aromatic nitrogens is 2. The highest BCUT2D eigenvalue weighted by molar-refractivity contribution is 6.33. The number of hydrogen-bond donors (Lipinski definition) is 2. The molecule has 1 aromatic heterocycles. The van der Waals surface area contributed by atoms with E-state index in [-0.39, 0.29) is 16.4 Å². The van der Waals surface area contributed by atoms with Crippen LogP contribution >= 0.6 is 11.6 Å². The third kappa shape index (κ3) is 3.60. The van der Waals surface area contributed by atoms with Gasteiger partial charge in [-0.3, -0.25) is 0 Å². The molecular weight excluding hydrogens is 311 g/mol. The number of hydrogen-bond acceptors (Lipinski definition) is 4. The van der Waals surface area contributed by atoms with Crippen LogP contribution in [0, 0.1) is 0 Å². The van der Waals surface area contributed by atoms with Gasteiger partial charge >= 0.3 is 12.1 Å². The fourth-order valence-electron chi connectivity index (χ4n) is 1.46.